The van der Waals surface area contributed by atoms with E-state index < -0.39 is 0 Å². The molecule has 0 bridgehead atoms. The summed E-state index contributed by atoms with van der Waals surface area (Å²) in [6.07, 6.45) is 0. The number of rotatable bonds is 0. The summed E-state index contributed by atoms with van der Waals surface area (Å²) in [5.41, 5.74) is 0. The van der Waals surface area contributed by atoms with Crippen LogP contribution < -0.4 is 10.2 Å². The van der Waals surface area contributed by atoms with Gasteiger partial charge in [-0.3, -0.25) is 0 Å². The number of aromatic hydroxyl groups is 2. The topological polar surface area (TPSA) is 86.6 Å². The maximum Gasteiger partial charge on any atom is 2.00 e. The molecule has 0 unspecified atom stereocenters. The first-order valence-corrected chi connectivity index (χ1v) is 4.50. The van der Waals surface area contributed by atoms with Crippen molar-refractivity contribution in [2.24, 2.45) is 0 Å². The van der Waals surface area contributed by atoms with Gasteiger partial charge in [0.2, 0.25) is 0 Å². The van der Waals surface area contributed by atoms with Crippen LogP contribution in [0.25, 0.3) is 0 Å². The van der Waals surface area contributed by atoms with Crippen molar-refractivity contribution in [1.29, 1.82) is 0 Å². The van der Waals surface area contributed by atoms with Crippen molar-refractivity contribution < 1.29 is 20.4 Å². The SMILES string of the molecule is [Ca+2].[O-]c1ccc(O)cc1.[O-]c1ccc(O)cc1. The molecule has 0 aromatic heterocycles. The molecule has 17 heavy (non-hydrogen) atoms. The molecule has 0 aliphatic rings. The first kappa shape index (κ1) is 15.9. The van der Waals surface area contributed by atoms with Gasteiger partial charge in [0.25, 0.3) is 0 Å². The molecule has 0 heterocycles. The molecule has 2 rings (SSSR count). The minimum absolute atomic E-state index is 0. The molecule has 0 saturated heterocycles. The third-order valence-corrected chi connectivity index (χ3v) is 1.67. The molecule has 0 aliphatic carbocycles. The number of benzene rings is 2. The average molecular weight is 258 g/mol. The minimum Gasteiger partial charge on any atom is -0.872 e. The van der Waals surface area contributed by atoms with Crippen LogP contribution in [0.2, 0.25) is 0 Å². The number of hydrogen-bond acceptors (Lipinski definition) is 4. The van der Waals surface area contributed by atoms with E-state index in [-0.39, 0.29) is 60.7 Å². The van der Waals surface area contributed by atoms with Crippen LogP contribution in [0.1, 0.15) is 0 Å². The molecular formula is C12H10CaO4. The molecule has 2 aromatic carbocycles. The van der Waals surface area contributed by atoms with Gasteiger partial charge in [0.1, 0.15) is 11.5 Å². The zero-order chi connectivity index (χ0) is 12.0. The van der Waals surface area contributed by atoms with Crippen LogP contribution in [0.5, 0.6) is 23.0 Å². The fraction of sp³-hybridized carbons (Fsp3) is 0. The fourth-order valence-electron chi connectivity index (χ4n) is 0.892. The van der Waals surface area contributed by atoms with Gasteiger partial charge < -0.3 is 20.4 Å². The summed E-state index contributed by atoms with van der Waals surface area (Å²) in [6.45, 7) is 0. The Hall–Kier alpha value is -1.10. The standard InChI is InChI=1S/2C6H6O2.Ca/c2*7-5-1-2-6(8)4-3-5;/h2*1-4,7-8H;/q;;+2/p-2. The van der Waals surface area contributed by atoms with E-state index in [1.807, 2.05) is 0 Å². The molecule has 0 atom stereocenters. The molecule has 0 aliphatic heterocycles. The molecule has 2 aromatic rings. The number of phenolic OH excluding ortho intramolecular Hbond substituents is 2. The van der Waals surface area contributed by atoms with Crippen molar-refractivity contribution in [3.8, 4) is 23.0 Å². The molecule has 0 spiro atoms. The van der Waals surface area contributed by atoms with Crippen molar-refractivity contribution in [2.45, 2.75) is 0 Å². The maximum absolute atomic E-state index is 10.3. The van der Waals surface area contributed by atoms with Crippen molar-refractivity contribution in [2.75, 3.05) is 0 Å². The Kier molecular flexibility index (Phi) is 7.54. The summed E-state index contributed by atoms with van der Waals surface area (Å²) in [5, 5.41) is 37.9. The predicted molar refractivity (Wildman–Crippen MR) is 60.9 cm³/mol. The number of phenols is 2. The molecule has 2 N–H and O–H groups in total. The Balaban J connectivity index is 0.000000284. The van der Waals surface area contributed by atoms with E-state index in [0.717, 1.165) is 0 Å². The van der Waals surface area contributed by atoms with Gasteiger partial charge in [0.05, 0.1) is 0 Å². The third kappa shape index (κ3) is 6.94. The van der Waals surface area contributed by atoms with Gasteiger partial charge in [-0.25, -0.2) is 0 Å². The molecule has 0 saturated carbocycles. The second-order valence-electron chi connectivity index (χ2n) is 2.99. The van der Waals surface area contributed by atoms with Gasteiger partial charge in [-0.05, 0) is 24.3 Å². The van der Waals surface area contributed by atoms with E-state index in [2.05, 4.69) is 0 Å². The summed E-state index contributed by atoms with van der Waals surface area (Å²) in [6, 6.07) is 10.7. The van der Waals surface area contributed by atoms with E-state index >= 15 is 0 Å². The van der Waals surface area contributed by atoms with Crippen LogP contribution in [0, 0.1) is 0 Å². The Morgan fingerprint density at radius 1 is 0.588 bits per heavy atom. The Morgan fingerprint density at radius 2 is 0.824 bits per heavy atom. The summed E-state index contributed by atoms with van der Waals surface area (Å²) >= 11 is 0. The monoisotopic (exact) mass is 258 g/mol. The van der Waals surface area contributed by atoms with E-state index in [4.69, 9.17) is 10.2 Å². The summed E-state index contributed by atoms with van der Waals surface area (Å²) in [7, 11) is 0. The second-order valence-corrected chi connectivity index (χ2v) is 2.99. The average Bonchev–Trinajstić information content (AvgIpc) is 2.28. The second kappa shape index (κ2) is 8.06. The van der Waals surface area contributed by atoms with Gasteiger partial charge in [0, 0.05) is 0 Å². The Labute approximate surface area is 129 Å². The third-order valence-electron chi connectivity index (χ3n) is 1.67. The summed E-state index contributed by atoms with van der Waals surface area (Å²) in [5.74, 6) is 0.0970. The van der Waals surface area contributed by atoms with E-state index in [0.29, 0.717) is 0 Å². The molecule has 0 fully saturated rings. The predicted octanol–water partition coefficient (Wildman–Crippen LogP) is 0.551. The van der Waals surface area contributed by atoms with E-state index in [1.165, 1.54) is 48.5 Å². The van der Waals surface area contributed by atoms with Crippen LogP contribution in [-0.2, 0) is 0 Å². The smallest absolute Gasteiger partial charge is 0.872 e. The largest absolute Gasteiger partial charge is 2.00 e. The Morgan fingerprint density at radius 3 is 1.00 bits per heavy atom. The molecule has 0 amide bonds. The molecule has 5 heteroatoms. The quantitative estimate of drug-likeness (QED) is 0.676. The zero-order valence-corrected chi connectivity index (χ0v) is 11.2. The van der Waals surface area contributed by atoms with Crippen molar-refractivity contribution in [3.05, 3.63) is 48.5 Å². The fourth-order valence-corrected chi connectivity index (χ4v) is 0.892. The maximum atomic E-state index is 10.3. The van der Waals surface area contributed by atoms with Crippen LogP contribution in [-0.4, -0.2) is 48.0 Å². The van der Waals surface area contributed by atoms with Gasteiger partial charge >= 0.3 is 37.7 Å². The molecule has 84 valence electrons. The van der Waals surface area contributed by atoms with Crippen LogP contribution >= 0.6 is 0 Å². The van der Waals surface area contributed by atoms with Crippen molar-refractivity contribution >= 4 is 37.7 Å². The zero-order valence-electron chi connectivity index (χ0n) is 9.04. The van der Waals surface area contributed by atoms with Crippen molar-refractivity contribution in [1.82, 2.24) is 0 Å². The van der Waals surface area contributed by atoms with Crippen LogP contribution in [0.3, 0.4) is 0 Å². The Bertz CT molecular complexity index is 340. The minimum atomic E-state index is -0.0807. The van der Waals surface area contributed by atoms with Gasteiger partial charge in [0.15, 0.2) is 0 Å². The normalized spacial score (nSPS) is 8.47. The summed E-state index contributed by atoms with van der Waals surface area (Å²) < 4.78 is 0. The van der Waals surface area contributed by atoms with Crippen LogP contribution in [0.4, 0.5) is 0 Å². The molecule has 0 radical (unpaired) electrons. The first-order chi connectivity index (χ1) is 7.58. The molecule has 4 nitrogen and oxygen atoms in total. The van der Waals surface area contributed by atoms with Crippen LogP contribution in [0.15, 0.2) is 48.5 Å². The first-order valence-electron chi connectivity index (χ1n) is 4.50. The van der Waals surface area contributed by atoms with Gasteiger partial charge in [-0.1, -0.05) is 24.3 Å². The molecular weight excluding hydrogens is 248 g/mol. The van der Waals surface area contributed by atoms with Crippen molar-refractivity contribution in [3.63, 3.8) is 0 Å². The van der Waals surface area contributed by atoms with E-state index in [9.17, 15) is 10.2 Å². The summed E-state index contributed by atoms with van der Waals surface area (Å²) in [4.78, 5) is 0. The number of hydrogen-bond donors (Lipinski definition) is 2. The van der Waals surface area contributed by atoms with Gasteiger partial charge in [-0.2, -0.15) is 0 Å². The van der Waals surface area contributed by atoms with Gasteiger partial charge in [-0.15, -0.1) is 11.5 Å². The van der Waals surface area contributed by atoms with E-state index in [1.54, 1.807) is 0 Å².